The number of halogens is 2. The maximum atomic E-state index is 15.2. The number of alkyl halides is 1. The molecule has 0 radical (unpaired) electrons. The topological polar surface area (TPSA) is 63.6 Å². The van der Waals surface area contributed by atoms with Gasteiger partial charge in [-0.3, -0.25) is 4.79 Å². The minimum atomic E-state index is -3.14. The predicted molar refractivity (Wildman–Crippen MR) is 90.4 cm³/mol. The number of esters is 1. The van der Waals surface area contributed by atoms with Crippen LogP contribution in [0, 0.1) is 5.92 Å². The molecule has 1 aliphatic carbocycles. The van der Waals surface area contributed by atoms with E-state index in [9.17, 15) is 19.1 Å². The van der Waals surface area contributed by atoms with Gasteiger partial charge in [0.1, 0.15) is 5.83 Å². The van der Waals surface area contributed by atoms with E-state index in [0.717, 1.165) is 12.2 Å². The van der Waals surface area contributed by atoms with Crippen molar-refractivity contribution < 1.29 is 28.2 Å². The molecule has 0 fully saturated rings. The highest BCUT2D eigenvalue weighted by atomic mass is 19.2. The van der Waals surface area contributed by atoms with E-state index in [1.54, 1.807) is 48.5 Å². The fourth-order valence-corrected chi connectivity index (χ4v) is 2.70. The predicted octanol–water partition coefficient (Wildman–Crippen LogP) is 4.16. The van der Waals surface area contributed by atoms with Gasteiger partial charge >= 0.3 is 11.9 Å². The molecule has 2 atom stereocenters. The van der Waals surface area contributed by atoms with Crippen LogP contribution in [0.25, 0.3) is 5.57 Å². The third-order valence-electron chi connectivity index (χ3n) is 3.97. The average molecular weight is 356 g/mol. The molecule has 26 heavy (non-hydrogen) atoms. The van der Waals surface area contributed by atoms with Gasteiger partial charge in [-0.15, -0.1) is 0 Å². The third-order valence-corrected chi connectivity index (χ3v) is 3.97. The molecule has 0 aliphatic heterocycles. The molecular formula is C20H14F2O4. The number of carboxylic acid groups (broad SMARTS) is 1. The smallest absolute Gasteiger partial charge is 0.341 e. The van der Waals surface area contributed by atoms with Gasteiger partial charge in [-0.2, -0.15) is 4.39 Å². The van der Waals surface area contributed by atoms with Crippen molar-refractivity contribution in [2.45, 2.75) is 5.85 Å². The zero-order chi connectivity index (χ0) is 18.7. The molecule has 2 aromatic carbocycles. The summed E-state index contributed by atoms with van der Waals surface area (Å²) in [6.45, 7) is 0. The number of hydrogen-bond acceptors (Lipinski definition) is 3. The molecule has 0 amide bonds. The molecule has 0 bridgehead atoms. The number of benzene rings is 2. The Labute approximate surface area is 148 Å². The van der Waals surface area contributed by atoms with Gasteiger partial charge in [0.25, 0.3) is 5.85 Å². The minimum absolute atomic E-state index is 0.0281. The lowest BCUT2D eigenvalue weighted by atomic mass is 9.87. The van der Waals surface area contributed by atoms with Gasteiger partial charge < -0.3 is 9.84 Å². The number of rotatable bonds is 4. The van der Waals surface area contributed by atoms with E-state index in [4.69, 9.17) is 4.74 Å². The number of hydrogen-bond donors (Lipinski definition) is 1. The summed E-state index contributed by atoms with van der Waals surface area (Å²) in [6, 6.07) is 15.6. The van der Waals surface area contributed by atoms with Gasteiger partial charge in [-0.05, 0) is 29.8 Å². The molecule has 3 rings (SSSR count). The van der Waals surface area contributed by atoms with Crippen LogP contribution in [0.3, 0.4) is 0 Å². The normalized spacial score (nSPS) is 22.2. The molecule has 2 aromatic rings. The van der Waals surface area contributed by atoms with Crippen LogP contribution >= 0.6 is 0 Å². The molecule has 0 spiro atoms. The van der Waals surface area contributed by atoms with E-state index in [-0.39, 0.29) is 11.1 Å². The Morgan fingerprint density at radius 2 is 1.58 bits per heavy atom. The van der Waals surface area contributed by atoms with E-state index in [1.165, 1.54) is 12.1 Å². The van der Waals surface area contributed by atoms with Crippen molar-refractivity contribution in [3.05, 3.63) is 89.8 Å². The van der Waals surface area contributed by atoms with Crippen LogP contribution in [0.15, 0.2) is 78.6 Å². The zero-order valence-corrected chi connectivity index (χ0v) is 13.4. The summed E-state index contributed by atoms with van der Waals surface area (Å²) in [5.41, 5.74) is 0.353. The molecule has 0 saturated carbocycles. The molecule has 1 N–H and O–H groups in total. The molecule has 1 aliphatic rings. The second kappa shape index (κ2) is 6.92. The summed E-state index contributed by atoms with van der Waals surface area (Å²) in [7, 11) is 0. The Morgan fingerprint density at radius 1 is 1.00 bits per heavy atom. The van der Waals surface area contributed by atoms with Gasteiger partial charge in [0.15, 0.2) is 5.92 Å². The Kier molecular flexibility index (Phi) is 4.67. The van der Waals surface area contributed by atoms with E-state index in [1.807, 2.05) is 0 Å². The lowest BCUT2D eigenvalue weighted by Gasteiger charge is -2.30. The fourth-order valence-electron chi connectivity index (χ4n) is 2.70. The van der Waals surface area contributed by atoms with Crippen molar-refractivity contribution in [2.24, 2.45) is 5.92 Å². The first-order valence-electron chi connectivity index (χ1n) is 7.77. The molecule has 6 heteroatoms. The summed E-state index contributed by atoms with van der Waals surface area (Å²) in [4.78, 5) is 23.7. The lowest BCUT2D eigenvalue weighted by molar-refractivity contribution is -0.160. The largest absolute Gasteiger partial charge is 0.481 e. The van der Waals surface area contributed by atoms with E-state index < -0.39 is 29.5 Å². The van der Waals surface area contributed by atoms with Gasteiger partial charge in [0.05, 0.1) is 5.56 Å². The highest BCUT2D eigenvalue weighted by Gasteiger charge is 2.51. The first-order valence-corrected chi connectivity index (χ1v) is 7.77. The second-order valence-corrected chi connectivity index (χ2v) is 5.69. The van der Waals surface area contributed by atoms with Crippen molar-refractivity contribution in [3.63, 3.8) is 0 Å². The van der Waals surface area contributed by atoms with Crippen molar-refractivity contribution >= 4 is 17.5 Å². The average Bonchev–Trinajstić information content (AvgIpc) is 2.62. The number of carbonyl (C=O) groups is 2. The van der Waals surface area contributed by atoms with E-state index in [0.29, 0.717) is 5.56 Å². The highest BCUT2D eigenvalue weighted by molar-refractivity contribution is 5.91. The molecule has 4 nitrogen and oxygen atoms in total. The van der Waals surface area contributed by atoms with Crippen molar-refractivity contribution in [1.29, 1.82) is 0 Å². The monoisotopic (exact) mass is 356 g/mol. The van der Waals surface area contributed by atoms with Crippen molar-refractivity contribution in [2.75, 3.05) is 0 Å². The number of aliphatic carboxylic acids is 1. The van der Waals surface area contributed by atoms with E-state index >= 15 is 4.39 Å². The van der Waals surface area contributed by atoms with Crippen LogP contribution in [0.4, 0.5) is 8.78 Å². The minimum Gasteiger partial charge on any atom is -0.481 e. The maximum absolute atomic E-state index is 15.2. The van der Waals surface area contributed by atoms with Crippen LogP contribution in [0.2, 0.25) is 0 Å². The summed E-state index contributed by atoms with van der Waals surface area (Å²) in [5, 5.41) is 9.35. The highest BCUT2D eigenvalue weighted by Crippen LogP contribution is 2.41. The number of carbonyl (C=O) groups excluding carboxylic acids is 1. The number of allylic oxidation sites excluding steroid dienone is 2. The summed E-state index contributed by atoms with van der Waals surface area (Å²) in [6.07, 6.45) is 1.85. The molecule has 132 valence electrons. The molecular weight excluding hydrogens is 342 g/mol. The first-order chi connectivity index (χ1) is 12.4. The standard InChI is InChI=1S/C20H14F2O4/c21-17-15(13-7-3-1-4-8-13)11-12-20(22,16(17)18(23)24)26-19(25)14-9-5-2-6-10-14/h1-12,16H,(H,23,24). The molecule has 0 saturated heterocycles. The molecule has 2 unspecified atom stereocenters. The van der Waals surface area contributed by atoms with Gasteiger partial charge in [0.2, 0.25) is 0 Å². The van der Waals surface area contributed by atoms with E-state index in [2.05, 4.69) is 0 Å². The van der Waals surface area contributed by atoms with Gasteiger partial charge in [0, 0.05) is 5.57 Å². The maximum Gasteiger partial charge on any atom is 0.341 e. The van der Waals surface area contributed by atoms with Crippen LogP contribution in [-0.2, 0) is 9.53 Å². The Bertz CT molecular complexity index is 891. The Morgan fingerprint density at radius 3 is 2.15 bits per heavy atom. The Hall–Kier alpha value is -3.28. The van der Waals surface area contributed by atoms with Gasteiger partial charge in [-0.1, -0.05) is 48.5 Å². The number of carboxylic acids is 1. The first kappa shape index (κ1) is 17.5. The van der Waals surface area contributed by atoms with Crippen LogP contribution < -0.4 is 0 Å². The van der Waals surface area contributed by atoms with Crippen molar-refractivity contribution in [1.82, 2.24) is 0 Å². The summed E-state index contributed by atoms with van der Waals surface area (Å²) >= 11 is 0. The molecule has 0 aromatic heterocycles. The fraction of sp³-hybridized carbons (Fsp3) is 0.100. The third kappa shape index (κ3) is 3.26. The van der Waals surface area contributed by atoms with Gasteiger partial charge in [-0.25, -0.2) is 9.18 Å². The quantitative estimate of drug-likeness (QED) is 0.836. The Balaban J connectivity index is 1.96. The van der Waals surface area contributed by atoms with Crippen LogP contribution in [0.1, 0.15) is 15.9 Å². The second-order valence-electron chi connectivity index (χ2n) is 5.69. The van der Waals surface area contributed by atoms with Crippen LogP contribution in [-0.4, -0.2) is 22.9 Å². The lowest BCUT2D eigenvalue weighted by Crippen LogP contribution is -2.43. The summed E-state index contributed by atoms with van der Waals surface area (Å²) < 4.78 is 34.7. The van der Waals surface area contributed by atoms with Crippen LogP contribution in [0.5, 0.6) is 0 Å². The zero-order valence-electron chi connectivity index (χ0n) is 13.4. The SMILES string of the molecule is O=C(OC1(F)C=CC(c2ccccc2)=C(F)C1C(=O)O)c1ccccc1. The van der Waals surface area contributed by atoms with Crippen molar-refractivity contribution in [3.8, 4) is 0 Å². The summed E-state index contributed by atoms with van der Waals surface area (Å²) in [5.74, 6) is -9.50. The number of ether oxygens (including phenoxy) is 1. The molecule has 0 heterocycles.